The minimum absolute atomic E-state index is 0. The second kappa shape index (κ2) is 5.53. The summed E-state index contributed by atoms with van der Waals surface area (Å²) in [6, 6.07) is 9.15. The molecule has 1 aliphatic heterocycles. The van der Waals surface area contributed by atoms with Crippen LogP contribution in [0.1, 0.15) is 43.2 Å². The maximum atomic E-state index is 3.41. The quantitative estimate of drug-likeness (QED) is 0.815. The molecule has 0 amide bonds. The minimum atomic E-state index is 0. The molecule has 0 saturated carbocycles. The van der Waals surface area contributed by atoms with Crippen LogP contribution in [-0.4, -0.2) is 13.1 Å². The highest BCUT2D eigenvalue weighted by Gasteiger charge is 2.16. The Morgan fingerprint density at radius 2 is 1.87 bits per heavy atom. The van der Waals surface area contributed by atoms with Crippen LogP contribution in [0.25, 0.3) is 0 Å². The van der Waals surface area contributed by atoms with Crippen molar-refractivity contribution in [3.05, 3.63) is 35.4 Å². The van der Waals surface area contributed by atoms with E-state index in [0.29, 0.717) is 5.92 Å². The molecule has 1 atom stereocenters. The van der Waals surface area contributed by atoms with E-state index in [1.165, 1.54) is 24.1 Å². The van der Waals surface area contributed by atoms with Crippen molar-refractivity contribution in [1.29, 1.82) is 0 Å². The van der Waals surface area contributed by atoms with Gasteiger partial charge in [0.25, 0.3) is 0 Å². The first kappa shape index (κ1) is 12.5. The number of rotatable bonds is 2. The molecular formula is C13H20ClN. The Morgan fingerprint density at radius 3 is 2.33 bits per heavy atom. The lowest BCUT2D eigenvalue weighted by Gasteiger charge is -2.11. The Bertz CT molecular complexity index is 286. The molecule has 1 unspecified atom stereocenters. The number of halogens is 1. The summed E-state index contributed by atoms with van der Waals surface area (Å²) in [5, 5.41) is 3.41. The van der Waals surface area contributed by atoms with Gasteiger partial charge in [-0.25, -0.2) is 0 Å². The van der Waals surface area contributed by atoms with Crippen molar-refractivity contribution < 1.29 is 0 Å². The second-order valence-corrected chi connectivity index (χ2v) is 4.51. The molecule has 1 heterocycles. The molecule has 1 fully saturated rings. The number of hydrogen-bond donors (Lipinski definition) is 1. The van der Waals surface area contributed by atoms with E-state index in [9.17, 15) is 0 Å². The van der Waals surface area contributed by atoms with E-state index in [-0.39, 0.29) is 12.4 Å². The summed E-state index contributed by atoms with van der Waals surface area (Å²) in [6.45, 7) is 6.82. The molecule has 0 aromatic heterocycles. The SMILES string of the molecule is CC(C)c1ccc(C2CCNC2)cc1.Cl. The van der Waals surface area contributed by atoms with Crippen molar-refractivity contribution in [3.8, 4) is 0 Å². The Balaban J connectivity index is 0.00000112. The zero-order valence-electron chi connectivity index (χ0n) is 9.49. The highest BCUT2D eigenvalue weighted by Crippen LogP contribution is 2.24. The summed E-state index contributed by atoms with van der Waals surface area (Å²) < 4.78 is 0. The monoisotopic (exact) mass is 225 g/mol. The largest absolute Gasteiger partial charge is 0.316 e. The first-order chi connectivity index (χ1) is 6.77. The number of nitrogens with one attached hydrogen (secondary N) is 1. The molecule has 1 nitrogen and oxygen atoms in total. The van der Waals surface area contributed by atoms with Crippen LogP contribution in [0.5, 0.6) is 0 Å². The van der Waals surface area contributed by atoms with E-state index in [2.05, 4.69) is 43.4 Å². The van der Waals surface area contributed by atoms with Crippen molar-refractivity contribution in [2.24, 2.45) is 0 Å². The summed E-state index contributed by atoms with van der Waals surface area (Å²) >= 11 is 0. The summed E-state index contributed by atoms with van der Waals surface area (Å²) in [7, 11) is 0. The van der Waals surface area contributed by atoms with Crippen molar-refractivity contribution >= 4 is 12.4 Å². The molecule has 84 valence electrons. The predicted molar refractivity (Wildman–Crippen MR) is 68.0 cm³/mol. The fraction of sp³-hybridized carbons (Fsp3) is 0.538. The van der Waals surface area contributed by atoms with Gasteiger partial charge in [0.15, 0.2) is 0 Å². The standard InChI is InChI=1S/C13H19N.ClH/c1-10(2)11-3-5-12(6-4-11)13-7-8-14-9-13;/h3-6,10,13-14H,7-9H2,1-2H3;1H. The third-order valence-electron chi connectivity index (χ3n) is 3.13. The Hall–Kier alpha value is -0.530. The first-order valence-corrected chi connectivity index (χ1v) is 5.58. The second-order valence-electron chi connectivity index (χ2n) is 4.51. The molecule has 1 aliphatic rings. The van der Waals surface area contributed by atoms with Crippen molar-refractivity contribution in [1.82, 2.24) is 5.32 Å². The van der Waals surface area contributed by atoms with Gasteiger partial charge in [-0.3, -0.25) is 0 Å². The molecule has 1 aromatic carbocycles. The topological polar surface area (TPSA) is 12.0 Å². The van der Waals surface area contributed by atoms with Crippen molar-refractivity contribution in [2.75, 3.05) is 13.1 Å². The van der Waals surface area contributed by atoms with Gasteiger partial charge >= 0.3 is 0 Å². The molecule has 0 bridgehead atoms. The fourth-order valence-corrected chi connectivity index (χ4v) is 2.09. The Labute approximate surface area is 98.7 Å². The van der Waals surface area contributed by atoms with Crippen LogP contribution in [0.2, 0.25) is 0 Å². The van der Waals surface area contributed by atoms with E-state index in [0.717, 1.165) is 12.5 Å². The molecular weight excluding hydrogens is 206 g/mol. The molecule has 1 saturated heterocycles. The average Bonchev–Trinajstić information content (AvgIpc) is 2.71. The molecule has 1 N–H and O–H groups in total. The molecule has 1 aromatic rings. The van der Waals surface area contributed by atoms with Gasteiger partial charge in [0, 0.05) is 6.54 Å². The smallest absolute Gasteiger partial charge is 0.00206 e. The maximum Gasteiger partial charge on any atom is 0.00206 e. The summed E-state index contributed by atoms with van der Waals surface area (Å²) in [5.41, 5.74) is 2.94. The Kier molecular flexibility index (Phi) is 4.62. The predicted octanol–water partition coefficient (Wildman–Crippen LogP) is 3.31. The fourth-order valence-electron chi connectivity index (χ4n) is 2.09. The first-order valence-electron chi connectivity index (χ1n) is 5.58. The van der Waals surface area contributed by atoms with E-state index >= 15 is 0 Å². The third-order valence-corrected chi connectivity index (χ3v) is 3.13. The summed E-state index contributed by atoms with van der Waals surface area (Å²) in [4.78, 5) is 0. The van der Waals surface area contributed by atoms with Crippen LogP contribution >= 0.6 is 12.4 Å². The summed E-state index contributed by atoms with van der Waals surface area (Å²) in [5.74, 6) is 1.39. The minimum Gasteiger partial charge on any atom is -0.316 e. The molecule has 0 aliphatic carbocycles. The third kappa shape index (κ3) is 2.96. The van der Waals surface area contributed by atoms with Crippen LogP contribution < -0.4 is 5.32 Å². The van der Waals surface area contributed by atoms with Crippen molar-refractivity contribution in [3.63, 3.8) is 0 Å². The maximum absolute atomic E-state index is 3.41. The average molecular weight is 226 g/mol. The van der Waals surface area contributed by atoms with E-state index in [1.807, 2.05) is 0 Å². The van der Waals surface area contributed by atoms with Crippen LogP contribution in [0.15, 0.2) is 24.3 Å². The van der Waals surface area contributed by atoms with Crippen LogP contribution in [0, 0.1) is 0 Å². The lowest BCUT2D eigenvalue weighted by Crippen LogP contribution is -2.07. The van der Waals surface area contributed by atoms with Crippen LogP contribution in [-0.2, 0) is 0 Å². The normalized spacial score (nSPS) is 20.3. The van der Waals surface area contributed by atoms with E-state index in [4.69, 9.17) is 0 Å². The van der Waals surface area contributed by atoms with E-state index < -0.39 is 0 Å². The molecule has 0 radical (unpaired) electrons. The van der Waals surface area contributed by atoms with Gasteiger partial charge in [-0.2, -0.15) is 0 Å². The van der Waals surface area contributed by atoms with Crippen LogP contribution in [0.3, 0.4) is 0 Å². The van der Waals surface area contributed by atoms with Gasteiger partial charge in [-0.15, -0.1) is 12.4 Å². The van der Waals surface area contributed by atoms with Gasteiger partial charge < -0.3 is 5.32 Å². The molecule has 15 heavy (non-hydrogen) atoms. The highest BCUT2D eigenvalue weighted by atomic mass is 35.5. The van der Waals surface area contributed by atoms with Crippen LogP contribution in [0.4, 0.5) is 0 Å². The number of benzene rings is 1. The Morgan fingerprint density at radius 1 is 1.20 bits per heavy atom. The summed E-state index contributed by atoms with van der Waals surface area (Å²) in [6.07, 6.45) is 1.29. The van der Waals surface area contributed by atoms with Gasteiger partial charge in [0.05, 0.1) is 0 Å². The molecule has 2 heteroatoms. The number of hydrogen-bond acceptors (Lipinski definition) is 1. The van der Waals surface area contributed by atoms with Gasteiger partial charge in [-0.1, -0.05) is 38.1 Å². The van der Waals surface area contributed by atoms with Crippen molar-refractivity contribution in [2.45, 2.75) is 32.1 Å². The highest BCUT2D eigenvalue weighted by molar-refractivity contribution is 5.85. The zero-order valence-corrected chi connectivity index (χ0v) is 10.3. The van der Waals surface area contributed by atoms with Gasteiger partial charge in [0.2, 0.25) is 0 Å². The zero-order chi connectivity index (χ0) is 9.97. The lowest BCUT2D eigenvalue weighted by atomic mass is 9.95. The van der Waals surface area contributed by atoms with E-state index in [1.54, 1.807) is 0 Å². The van der Waals surface area contributed by atoms with Gasteiger partial charge in [-0.05, 0) is 35.9 Å². The van der Waals surface area contributed by atoms with Gasteiger partial charge in [0.1, 0.15) is 0 Å². The lowest BCUT2D eigenvalue weighted by molar-refractivity contribution is 0.761. The molecule has 0 spiro atoms. The molecule has 2 rings (SSSR count).